The van der Waals surface area contributed by atoms with E-state index >= 15 is 0 Å². The quantitative estimate of drug-likeness (QED) is 0.729. The first-order valence-corrected chi connectivity index (χ1v) is 7.22. The highest BCUT2D eigenvalue weighted by atomic mass is 79.9. The molecule has 2 aromatic rings. The maximum atomic E-state index is 11.9. The first-order chi connectivity index (χ1) is 8.15. The van der Waals surface area contributed by atoms with Gasteiger partial charge in [0.1, 0.15) is 0 Å². The van der Waals surface area contributed by atoms with Gasteiger partial charge in [-0.2, -0.15) is 0 Å². The van der Waals surface area contributed by atoms with Crippen LogP contribution in [0.5, 0.6) is 0 Å². The minimum Gasteiger partial charge on any atom is -0.293 e. The van der Waals surface area contributed by atoms with Gasteiger partial charge in [-0.25, -0.2) is 0 Å². The van der Waals surface area contributed by atoms with E-state index in [1.54, 1.807) is 0 Å². The lowest BCUT2D eigenvalue weighted by molar-refractivity contribution is 0.0994. The number of hydrogen-bond acceptors (Lipinski definition) is 2. The first kappa shape index (κ1) is 11.5. The summed E-state index contributed by atoms with van der Waals surface area (Å²) in [4.78, 5) is 12.8. The Labute approximate surface area is 117 Å². The van der Waals surface area contributed by atoms with Crippen molar-refractivity contribution in [1.29, 1.82) is 0 Å². The first-order valence-electron chi connectivity index (χ1n) is 5.23. The molecule has 1 atom stereocenters. The Morgan fingerprint density at radius 3 is 2.71 bits per heavy atom. The highest BCUT2D eigenvalue weighted by molar-refractivity contribution is 9.11. The summed E-state index contributed by atoms with van der Waals surface area (Å²) < 4.78 is 1.02. The molecular weight excluding hydrogens is 320 g/mol. The molecule has 3 rings (SSSR count). The van der Waals surface area contributed by atoms with Gasteiger partial charge in [-0.05, 0) is 45.3 Å². The monoisotopic (exact) mass is 326 g/mol. The molecular formula is C13H8BrClOS. The van der Waals surface area contributed by atoms with E-state index in [9.17, 15) is 4.79 Å². The highest BCUT2D eigenvalue weighted by Crippen LogP contribution is 2.43. The van der Waals surface area contributed by atoms with Crippen molar-refractivity contribution in [1.82, 2.24) is 0 Å². The van der Waals surface area contributed by atoms with Gasteiger partial charge in [-0.3, -0.25) is 4.79 Å². The lowest BCUT2D eigenvalue weighted by Gasteiger charge is -2.09. The van der Waals surface area contributed by atoms with E-state index in [2.05, 4.69) is 22.0 Å². The molecule has 1 heterocycles. The number of benzene rings is 1. The number of halogens is 2. The van der Waals surface area contributed by atoms with Gasteiger partial charge in [0.2, 0.25) is 0 Å². The molecule has 86 valence electrons. The van der Waals surface area contributed by atoms with Gasteiger partial charge in [0.05, 0.1) is 8.66 Å². The summed E-state index contributed by atoms with van der Waals surface area (Å²) >= 11 is 10.8. The van der Waals surface area contributed by atoms with Crippen molar-refractivity contribution in [2.75, 3.05) is 0 Å². The standard InChI is InChI=1S/C13H8BrClOS/c14-12-6-10-9(5-11(16)13(10)17-12)7-1-3-8(15)4-2-7/h1-4,6,9H,5H2. The number of fused-ring (bicyclic) bond motifs is 1. The van der Waals surface area contributed by atoms with Crippen LogP contribution in [0.25, 0.3) is 0 Å². The Kier molecular flexibility index (Phi) is 2.85. The van der Waals surface area contributed by atoms with Crippen LogP contribution < -0.4 is 0 Å². The summed E-state index contributed by atoms with van der Waals surface area (Å²) in [5, 5.41) is 0.727. The fourth-order valence-corrected chi connectivity index (χ4v) is 3.99. The Morgan fingerprint density at radius 2 is 2.00 bits per heavy atom. The Hall–Kier alpha value is -0.640. The third-order valence-electron chi connectivity index (χ3n) is 3.02. The van der Waals surface area contributed by atoms with Crippen LogP contribution in [-0.2, 0) is 0 Å². The van der Waals surface area contributed by atoms with Gasteiger partial charge in [0, 0.05) is 17.4 Å². The predicted octanol–water partition coefficient (Wildman–Crippen LogP) is 4.88. The van der Waals surface area contributed by atoms with E-state index in [0.717, 1.165) is 24.8 Å². The van der Waals surface area contributed by atoms with E-state index in [0.29, 0.717) is 6.42 Å². The van der Waals surface area contributed by atoms with E-state index in [4.69, 9.17) is 11.6 Å². The fourth-order valence-electron chi connectivity index (χ4n) is 2.23. The van der Waals surface area contributed by atoms with E-state index < -0.39 is 0 Å². The third kappa shape index (κ3) is 1.96. The highest BCUT2D eigenvalue weighted by Gasteiger charge is 2.32. The molecule has 0 radical (unpaired) electrons. The van der Waals surface area contributed by atoms with Gasteiger partial charge in [0.15, 0.2) is 5.78 Å². The summed E-state index contributed by atoms with van der Waals surface area (Å²) in [6.45, 7) is 0. The molecule has 1 unspecified atom stereocenters. The molecule has 0 saturated carbocycles. The topological polar surface area (TPSA) is 17.1 Å². The number of rotatable bonds is 1. The lowest BCUT2D eigenvalue weighted by atomic mass is 9.94. The molecule has 4 heteroatoms. The number of carbonyl (C=O) groups is 1. The van der Waals surface area contributed by atoms with Crippen molar-refractivity contribution in [3.05, 3.63) is 55.1 Å². The van der Waals surface area contributed by atoms with Crippen LogP contribution in [0.4, 0.5) is 0 Å². The Balaban J connectivity index is 2.06. The molecule has 1 aliphatic rings. The molecule has 0 spiro atoms. The second kappa shape index (κ2) is 4.23. The molecule has 1 nitrogen and oxygen atoms in total. The second-order valence-electron chi connectivity index (χ2n) is 4.07. The maximum absolute atomic E-state index is 11.9. The molecule has 0 saturated heterocycles. The molecule has 1 aliphatic carbocycles. The molecule has 0 fully saturated rings. The smallest absolute Gasteiger partial charge is 0.174 e. The van der Waals surface area contributed by atoms with Crippen LogP contribution >= 0.6 is 38.9 Å². The summed E-state index contributed by atoms with van der Waals surface area (Å²) in [5.74, 6) is 0.438. The zero-order valence-corrected chi connectivity index (χ0v) is 11.9. The molecule has 0 bridgehead atoms. The van der Waals surface area contributed by atoms with Crippen molar-refractivity contribution in [3.8, 4) is 0 Å². The van der Waals surface area contributed by atoms with Crippen molar-refractivity contribution in [3.63, 3.8) is 0 Å². The van der Waals surface area contributed by atoms with Crippen molar-refractivity contribution in [2.24, 2.45) is 0 Å². The van der Waals surface area contributed by atoms with Crippen molar-refractivity contribution in [2.45, 2.75) is 12.3 Å². The maximum Gasteiger partial charge on any atom is 0.174 e. The summed E-state index contributed by atoms with van der Waals surface area (Å²) in [6.07, 6.45) is 0.579. The van der Waals surface area contributed by atoms with Crippen molar-refractivity contribution >= 4 is 44.7 Å². The Bertz CT molecular complexity index is 588. The van der Waals surface area contributed by atoms with E-state index in [1.807, 2.05) is 24.3 Å². The Morgan fingerprint density at radius 1 is 1.29 bits per heavy atom. The SMILES string of the molecule is O=C1CC(c2ccc(Cl)cc2)c2cc(Br)sc21. The molecule has 1 aromatic carbocycles. The van der Waals surface area contributed by atoms with Gasteiger partial charge < -0.3 is 0 Å². The normalized spacial score (nSPS) is 18.5. The van der Waals surface area contributed by atoms with Crippen molar-refractivity contribution < 1.29 is 4.79 Å². The van der Waals surface area contributed by atoms with Crippen LogP contribution in [0.15, 0.2) is 34.1 Å². The minimum absolute atomic E-state index is 0.192. The van der Waals surface area contributed by atoms with Gasteiger partial charge >= 0.3 is 0 Å². The summed E-state index contributed by atoms with van der Waals surface area (Å²) in [5.41, 5.74) is 2.31. The van der Waals surface area contributed by atoms with Gasteiger partial charge in [-0.1, -0.05) is 23.7 Å². The molecule has 17 heavy (non-hydrogen) atoms. The number of thiophene rings is 1. The molecule has 0 N–H and O–H groups in total. The second-order valence-corrected chi connectivity index (χ2v) is 6.93. The number of carbonyl (C=O) groups excluding carboxylic acids is 1. The van der Waals surface area contributed by atoms with Crippen LogP contribution in [0.2, 0.25) is 5.02 Å². The zero-order valence-electron chi connectivity index (χ0n) is 8.74. The summed E-state index contributed by atoms with van der Waals surface area (Å²) in [7, 11) is 0. The average molecular weight is 328 g/mol. The molecule has 0 aliphatic heterocycles. The number of Topliss-reactive ketones (excluding diaryl/α,β-unsaturated/α-hetero) is 1. The van der Waals surface area contributed by atoms with E-state index in [1.165, 1.54) is 11.3 Å². The fraction of sp³-hybridized carbons (Fsp3) is 0.154. The predicted molar refractivity (Wildman–Crippen MR) is 74.3 cm³/mol. The van der Waals surface area contributed by atoms with Gasteiger partial charge in [0.25, 0.3) is 0 Å². The number of ketones is 1. The minimum atomic E-state index is 0.192. The lowest BCUT2D eigenvalue weighted by Crippen LogP contribution is -1.96. The number of hydrogen-bond donors (Lipinski definition) is 0. The van der Waals surface area contributed by atoms with Gasteiger partial charge in [-0.15, -0.1) is 11.3 Å². The molecule has 0 amide bonds. The van der Waals surface area contributed by atoms with E-state index in [-0.39, 0.29) is 11.7 Å². The van der Waals surface area contributed by atoms with Crippen LogP contribution in [0.1, 0.15) is 33.1 Å². The third-order valence-corrected chi connectivity index (χ3v) is 4.97. The molecule has 1 aromatic heterocycles. The largest absolute Gasteiger partial charge is 0.293 e. The van der Waals surface area contributed by atoms with Crippen LogP contribution in [0.3, 0.4) is 0 Å². The van der Waals surface area contributed by atoms with Crippen LogP contribution in [-0.4, -0.2) is 5.78 Å². The van der Waals surface area contributed by atoms with Crippen LogP contribution in [0, 0.1) is 0 Å². The average Bonchev–Trinajstić information content (AvgIpc) is 2.80. The zero-order chi connectivity index (χ0) is 12.0. The summed E-state index contributed by atoms with van der Waals surface area (Å²) in [6, 6.07) is 9.81.